The van der Waals surface area contributed by atoms with Crippen LogP contribution in [0.2, 0.25) is 0 Å². The average Bonchev–Trinajstić information content (AvgIpc) is 3.50. The smallest absolute Gasteiger partial charge is 0.340 e. The zero-order valence-corrected chi connectivity index (χ0v) is 18.9. The van der Waals surface area contributed by atoms with Crippen LogP contribution in [0, 0.1) is 6.92 Å². The second-order valence-electron chi connectivity index (χ2n) is 8.18. The van der Waals surface area contributed by atoms with Crippen LogP contribution >= 0.6 is 0 Å². The van der Waals surface area contributed by atoms with Crippen molar-refractivity contribution in [2.45, 2.75) is 25.9 Å². The Morgan fingerprint density at radius 2 is 2.00 bits per heavy atom. The van der Waals surface area contributed by atoms with E-state index in [-0.39, 0.29) is 24.7 Å². The maximum Gasteiger partial charge on any atom is 0.340 e. The van der Waals surface area contributed by atoms with Gasteiger partial charge in [0.05, 0.1) is 18.7 Å². The molecule has 0 bridgehead atoms. The molecule has 3 heterocycles. The lowest BCUT2D eigenvalue weighted by Gasteiger charge is -2.22. The van der Waals surface area contributed by atoms with E-state index in [2.05, 4.69) is 9.99 Å². The number of ether oxygens (including phenoxy) is 3. The molecule has 2 aromatic carbocycles. The lowest BCUT2D eigenvalue weighted by Crippen LogP contribution is -2.13. The maximum absolute atomic E-state index is 11.3. The number of carbonyl (C=O) groups is 1. The van der Waals surface area contributed by atoms with Crippen molar-refractivity contribution in [2.75, 3.05) is 20.3 Å². The van der Waals surface area contributed by atoms with E-state index in [0.717, 1.165) is 22.3 Å². The molecule has 1 N–H and O–H groups in total. The molecule has 2 aliphatic rings. The first kappa shape index (κ1) is 21.9. The van der Waals surface area contributed by atoms with Crippen molar-refractivity contribution >= 4 is 11.7 Å². The molecule has 174 valence electrons. The van der Waals surface area contributed by atoms with Crippen molar-refractivity contribution in [3.63, 3.8) is 0 Å². The molecule has 0 spiro atoms. The van der Waals surface area contributed by atoms with E-state index in [1.807, 2.05) is 43.3 Å². The third-order valence-electron chi connectivity index (χ3n) is 5.92. The molecule has 0 saturated heterocycles. The van der Waals surface area contributed by atoms with Gasteiger partial charge in [-0.15, -0.1) is 0 Å². The Balaban J connectivity index is 1.50. The van der Waals surface area contributed by atoms with Gasteiger partial charge >= 0.3 is 5.97 Å². The zero-order chi connectivity index (χ0) is 23.7. The normalized spacial score (nSPS) is 15.4. The fraction of sp³-hybridized carbons (Fsp3) is 0.269. The van der Waals surface area contributed by atoms with E-state index in [4.69, 9.17) is 19.2 Å². The van der Waals surface area contributed by atoms with Gasteiger partial charge in [-0.25, -0.2) is 9.78 Å². The zero-order valence-electron chi connectivity index (χ0n) is 18.9. The van der Waals surface area contributed by atoms with Gasteiger partial charge in [0, 0.05) is 24.7 Å². The molecule has 1 atom stereocenters. The van der Waals surface area contributed by atoms with Gasteiger partial charge in [0.15, 0.2) is 11.5 Å². The van der Waals surface area contributed by atoms with E-state index in [1.54, 1.807) is 19.2 Å². The molecule has 0 fully saturated rings. The Morgan fingerprint density at radius 3 is 2.74 bits per heavy atom. The average molecular weight is 460 g/mol. The first-order valence-electron chi connectivity index (χ1n) is 11.0. The summed E-state index contributed by atoms with van der Waals surface area (Å²) in [5.74, 6) is 0.979. The summed E-state index contributed by atoms with van der Waals surface area (Å²) >= 11 is 0. The third kappa shape index (κ3) is 4.08. The van der Waals surface area contributed by atoms with Crippen LogP contribution in [0.1, 0.15) is 34.9 Å². The number of hydrogen-bond acceptors (Lipinski definition) is 8. The fourth-order valence-electron chi connectivity index (χ4n) is 4.38. The number of aromatic hydroxyl groups is 1. The summed E-state index contributed by atoms with van der Waals surface area (Å²) < 4.78 is 17.8. The van der Waals surface area contributed by atoms with Crippen LogP contribution in [0.5, 0.6) is 17.2 Å². The molecule has 0 radical (unpaired) electrons. The number of fused-ring (bicyclic) bond motifs is 1. The Kier molecular flexibility index (Phi) is 5.90. The van der Waals surface area contributed by atoms with Crippen LogP contribution in [0.15, 0.2) is 53.7 Å². The minimum Gasteiger partial charge on any atom is -0.506 e. The second kappa shape index (κ2) is 9.15. The van der Waals surface area contributed by atoms with E-state index in [1.165, 1.54) is 0 Å². The summed E-state index contributed by atoms with van der Waals surface area (Å²) in [4.78, 5) is 20.7. The molecule has 8 nitrogen and oxygen atoms in total. The molecule has 8 heteroatoms. The number of hydrogen-bond donors (Lipinski definition) is 1. The van der Waals surface area contributed by atoms with Crippen LogP contribution in [0.3, 0.4) is 0 Å². The number of carbonyl (C=O) groups excluding carboxylic acids is 1. The van der Waals surface area contributed by atoms with Crippen molar-refractivity contribution in [3.05, 3.63) is 70.9 Å². The largest absolute Gasteiger partial charge is 0.506 e. The predicted octanol–water partition coefficient (Wildman–Crippen LogP) is 4.12. The van der Waals surface area contributed by atoms with Crippen molar-refractivity contribution in [1.82, 2.24) is 4.98 Å². The second-order valence-corrected chi connectivity index (χ2v) is 8.18. The predicted molar refractivity (Wildman–Crippen MR) is 124 cm³/mol. The standard InChI is InChI=1S/C26H24N2O6/c1-15-12-21(33-14-17-13-22(30)34-28-17)25-18(10-11-32-25)23(15)26(31-2)19-8-9-20(29)24(27-19)16-6-4-3-5-7-16/h3-9,12,26,29H,10-11,13-14H2,1-2H3. The highest BCUT2D eigenvalue weighted by molar-refractivity contribution is 6.02. The molecular weight excluding hydrogens is 436 g/mol. The topological polar surface area (TPSA) is 99.5 Å². The number of aromatic nitrogens is 1. The van der Waals surface area contributed by atoms with Gasteiger partial charge < -0.3 is 24.2 Å². The first-order chi connectivity index (χ1) is 16.5. The van der Waals surface area contributed by atoms with Gasteiger partial charge in [-0.05, 0) is 36.2 Å². The monoisotopic (exact) mass is 460 g/mol. The van der Waals surface area contributed by atoms with Crippen molar-refractivity contribution in [2.24, 2.45) is 5.16 Å². The number of nitrogens with zero attached hydrogens (tertiary/aromatic N) is 2. The Morgan fingerprint density at radius 1 is 1.18 bits per heavy atom. The quantitative estimate of drug-likeness (QED) is 0.530. The first-order valence-corrected chi connectivity index (χ1v) is 11.0. The summed E-state index contributed by atoms with van der Waals surface area (Å²) in [6, 6.07) is 14.9. The number of aryl methyl sites for hydroxylation is 1. The van der Waals surface area contributed by atoms with Gasteiger partial charge in [0.25, 0.3) is 0 Å². The Hall–Kier alpha value is -3.91. The highest BCUT2D eigenvalue weighted by Gasteiger charge is 2.30. The van der Waals surface area contributed by atoms with Crippen LogP contribution in [0.4, 0.5) is 0 Å². The highest BCUT2D eigenvalue weighted by atomic mass is 16.7. The van der Waals surface area contributed by atoms with Gasteiger partial charge in [0.2, 0.25) is 0 Å². The van der Waals surface area contributed by atoms with E-state index < -0.39 is 6.10 Å². The number of oxime groups is 1. The molecule has 1 aromatic heterocycles. The highest BCUT2D eigenvalue weighted by Crippen LogP contribution is 2.44. The lowest BCUT2D eigenvalue weighted by atomic mass is 9.92. The summed E-state index contributed by atoms with van der Waals surface area (Å²) in [7, 11) is 1.64. The van der Waals surface area contributed by atoms with Crippen molar-refractivity contribution < 1.29 is 28.9 Å². The Labute approximate surface area is 196 Å². The minimum absolute atomic E-state index is 0.108. The number of rotatable bonds is 7. The van der Waals surface area contributed by atoms with Crippen molar-refractivity contribution in [3.8, 4) is 28.5 Å². The number of pyridine rings is 1. The molecular formula is C26H24N2O6. The van der Waals surface area contributed by atoms with Crippen LogP contribution in [0.25, 0.3) is 11.3 Å². The van der Waals surface area contributed by atoms with Gasteiger partial charge in [0.1, 0.15) is 29.9 Å². The molecule has 2 aliphatic heterocycles. The van der Waals surface area contributed by atoms with Crippen LogP contribution < -0.4 is 9.47 Å². The van der Waals surface area contributed by atoms with E-state index >= 15 is 0 Å². The Bertz CT molecular complexity index is 1270. The molecule has 5 rings (SSSR count). The van der Waals surface area contributed by atoms with Gasteiger partial charge in [-0.2, -0.15) is 0 Å². The summed E-state index contributed by atoms with van der Waals surface area (Å²) in [6.07, 6.45) is 0.370. The van der Waals surface area contributed by atoms with Crippen molar-refractivity contribution in [1.29, 1.82) is 0 Å². The molecule has 1 unspecified atom stereocenters. The van der Waals surface area contributed by atoms with Crippen LogP contribution in [-0.2, 0) is 20.8 Å². The van der Waals surface area contributed by atoms with E-state index in [9.17, 15) is 9.90 Å². The lowest BCUT2D eigenvalue weighted by molar-refractivity contribution is -0.140. The van der Waals surface area contributed by atoms with Crippen LogP contribution in [-0.4, -0.2) is 42.1 Å². The fourth-order valence-corrected chi connectivity index (χ4v) is 4.38. The molecule has 0 amide bonds. The number of methoxy groups -OCH3 is 1. The maximum atomic E-state index is 11.3. The minimum atomic E-state index is -0.460. The summed E-state index contributed by atoms with van der Waals surface area (Å²) in [5, 5.41) is 14.2. The van der Waals surface area contributed by atoms with Gasteiger partial charge in [-0.1, -0.05) is 35.5 Å². The third-order valence-corrected chi connectivity index (χ3v) is 5.92. The van der Waals surface area contributed by atoms with Gasteiger partial charge in [-0.3, -0.25) is 0 Å². The molecule has 0 aliphatic carbocycles. The molecule has 3 aromatic rings. The number of benzene rings is 2. The summed E-state index contributed by atoms with van der Waals surface area (Å²) in [6.45, 7) is 2.67. The molecule has 34 heavy (non-hydrogen) atoms. The molecule has 0 saturated carbocycles. The van der Waals surface area contributed by atoms with E-state index in [0.29, 0.717) is 41.6 Å². The SMILES string of the molecule is COC(c1ccc(O)c(-c2ccccc2)n1)c1c(C)cc(OCC2=NOC(=O)C2)c2c1CCO2. The summed E-state index contributed by atoms with van der Waals surface area (Å²) in [5.41, 5.74) is 5.47.